The Morgan fingerprint density at radius 2 is 2.33 bits per heavy atom. The van der Waals surface area contributed by atoms with Crippen molar-refractivity contribution in [2.75, 3.05) is 31.6 Å². The SMILES string of the molecule is CC1CN(CC(=O)Nc2ccc(Br)cc2Cl)CC(CO)O1. The summed E-state index contributed by atoms with van der Waals surface area (Å²) in [6, 6.07) is 5.30. The molecule has 7 heteroatoms. The van der Waals surface area contributed by atoms with Crippen LogP contribution in [0.5, 0.6) is 0 Å². The molecule has 2 atom stereocenters. The number of hydrogen-bond donors (Lipinski definition) is 2. The highest BCUT2D eigenvalue weighted by atomic mass is 79.9. The summed E-state index contributed by atoms with van der Waals surface area (Å²) >= 11 is 9.39. The normalized spacial score (nSPS) is 23.0. The van der Waals surface area contributed by atoms with Gasteiger partial charge in [0, 0.05) is 17.6 Å². The summed E-state index contributed by atoms with van der Waals surface area (Å²) in [6.45, 7) is 3.34. The average molecular weight is 378 g/mol. The minimum Gasteiger partial charge on any atom is -0.394 e. The van der Waals surface area contributed by atoms with Crippen LogP contribution >= 0.6 is 27.5 Å². The fraction of sp³-hybridized carbons (Fsp3) is 0.500. The van der Waals surface area contributed by atoms with Crippen molar-refractivity contribution in [3.05, 3.63) is 27.7 Å². The van der Waals surface area contributed by atoms with Crippen LogP contribution in [0.15, 0.2) is 22.7 Å². The summed E-state index contributed by atoms with van der Waals surface area (Å²) in [6.07, 6.45) is -0.238. The number of anilines is 1. The minimum atomic E-state index is -0.238. The summed E-state index contributed by atoms with van der Waals surface area (Å²) < 4.78 is 6.41. The molecule has 0 radical (unpaired) electrons. The lowest BCUT2D eigenvalue weighted by Crippen LogP contribution is -2.50. The van der Waals surface area contributed by atoms with Crippen molar-refractivity contribution >= 4 is 39.1 Å². The van der Waals surface area contributed by atoms with Gasteiger partial charge < -0.3 is 15.2 Å². The van der Waals surface area contributed by atoms with Crippen LogP contribution < -0.4 is 5.32 Å². The van der Waals surface area contributed by atoms with E-state index >= 15 is 0 Å². The second-order valence-corrected chi connectivity index (χ2v) is 6.44. The van der Waals surface area contributed by atoms with Crippen LogP contribution in [0.1, 0.15) is 6.92 Å². The number of nitrogens with zero attached hydrogens (tertiary/aromatic N) is 1. The zero-order chi connectivity index (χ0) is 15.4. The zero-order valence-corrected chi connectivity index (χ0v) is 14.0. The van der Waals surface area contributed by atoms with E-state index in [1.807, 2.05) is 17.9 Å². The van der Waals surface area contributed by atoms with Gasteiger partial charge in [0.1, 0.15) is 0 Å². The first-order valence-corrected chi connectivity index (χ1v) is 7.88. The number of aliphatic hydroxyl groups excluding tert-OH is 1. The smallest absolute Gasteiger partial charge is 0.238 e. The molecule has 2 N–H and O–H groups in total. The number of nitrogens with one attached hydrogen (secondary N) is 1. The van der Waals surface area contributed by atoms with Crippen molar-refractivity contribution in [3.8, 4) is 0 Å². The van der Waals surface area contributed by atoms with Crippen molar-refractivity contribution in [1.29, 1.82) is 0 Å². The van der Waals surface area contributed by atoms with E-state index in [0.29, 0.717) is 23.8 Å². The summed E-state index contributed by atoms with van der Waals surface area (Å²) in [4.78, 5) is 14.1. The molecule has 1 aromatic carbocycles. The molecule has 2 rings (SSSR count). The highest BCUT2D eigenvalue weighted by molar-refractivity contribution is 9.10. The van der Waals surface area contributed by atoms with E-state index in [1.165, 1.54) is 0 Å². The van der Waals surface area contributed by atoms with Gasteiger partial charge in [0.05, 0.1) is 36.1 Å². The molecule has 1 heterocycles. The van der Waals surface area contributed by atoms with E-state index < -0.39 is 0 Å². The minimum absolute atomic E-state index is 0.0000291. The molecule has 1 aliphatic rings. The van der Waals surface area contributed by atoms with Crippen LogP contribution in [-0.4, -0.2) is 54.4 Å². The molecule has 1 aromatic rings. The first-order valence-electron chi connectivity index (χ1n) is 6.71. The lowest BCUT2D eigenvalue weighted by atomic mass is 10.2. The van der Waals surface area contributed by atoms with Crippen LogP contribution in [0.3, 0.4) is 0 Å². The van der Waals surface area contributed by atoms with Crippen LogP contribution in [0.25, 0.3) is 0 Å². The molecule has 0 spiro atoms. The topological polar surface area (TPSA) is 61.8 Å². The van der Waals surface area contributed by atoms with Crippen molar-refractivity contribution in [3.63, 3.8) is 0 Å². The number of ether oxygens (including phenoxy) is 1. The fourth-order valence-electron chi connectivity index (χ4n) is 2.35. The number of rotatable bonds is 4. The molecule has 1 amide bonds. The monoisotopic (exact) mass is 376 g/mol. The first-order chi connectivity index (χ1) is 9.97. The van der Waals surface area contributed by atoms with Gasteiger partial charge in [-0.05, 0) is 25.1 Å². The molecule has 0 aliphatic carbocycles. The predicted molar refractivity (Wildman–Crippen MR) is 85.6 cm³/mol. The summed E-state index contributed by atoms with van der Waals surface area (Å²) in [5.41, 5.74) is 0.588. The van der Waals surface area contributed by atoms with Crippen LogP contribution in [0, 0.1) is 0 Å². The van der Waals surface area contributed by atoms with Gasteiger partial charge in [-0.1, -0.05) is 27.5 Å². The third-order valence-corrected chi connectivity index (χ3v) is 3.98. The second-order valence-electron chi connectivity index (χ2n) is 5.12. The molecular formula is C14H18BrClN2O3. The Hall–Kier alpha value is -0.660. The maximum Gasteiger partial charge on any atom is 0.238 e. The second kappa shape index (κ2) is 7.56. The van der Waals surface area contributed by atoms with Gasteiger partial charge in [-0.15, -0.1) is 0 Å². The van der Waals surface area contributed by atoms with E-state index in [0.717, 1.165) is 4.47 Å². The van der Waals surface area contributed by atoms with Gasteiger partial charge in [-0.3, -0.25) is 9.69 Å². The van der Waals surface area contributed by atoms with Gasteiger partial charge in [-0.2, -0.15) is 0 Å². The largest absolute Gasteiger partial charge is 0.394 e. The molecule has 21 heavy (non-hydrogen) atoms. The van der Waals surface area contributed by atoms with Gasteiger partial charge in [0.25, 0.3) is 0 Å². The Labute approximate surface area is 137 Å². The van der Waals surface area contributed by atoms with Gasteiger partial charge >= 0.3 is 0 Å². The fourth-order valence-corrected chi connectivity index (χ4v) is 3.07. The van der Waals surface area contributed by atoms with Crippen LogP contribution in [0.2, 0.25) is 5.02 Å². The quantitative estimate of drug-likeness (QED) is 0.844. The highest BCUT2D eigenvalue weighted by Gasteiger charge is 2.26. The molecule has 1 saturated heterocycles. The maximum atomic E-state index is 12.1. The van der Waals surface area contributed by atoms with Gasteiger partial charge in [0.2, 0.25) is 5.91 Å². The molecule has 1 fully saturated rings. The lowest BCUT2D eigenvalue weighted by Gasteiger charge is -2.35. The number of halogens is 2. The van der Waals surface area contributed by atoms with E-state index in [4.69, 9.17) is 16.3 Å². The van der Waals surface area contributed by atoms with E-state index in [1.54, 1.807) is 12.1 Å². The van der Waals surface area contributed by atoms with Gasteiger partial charge in [0.15, 0.2) is 0 Å². The number of carbonyl (C=O) groups excluding carboxylic acids is 1. The Kier molecular flexibility index (Phi) is 6.01. The summed E-state index contributed by atoms with van der Waals surface area (Å²) in [5.74, 6) is -0.134. The van der Waals surface area contributed by atoms with Crippen molar-refractivity contribution < 1.29 is 14.6 Å². The first kappa shape index (κ1) is 16.7. The summed E-state index contributed by atoms with van der Waals surface area (Å²) in [7, 11) is 0. The Balaban J connectivity index is 1.92. The van der Waals surface area contributed by atoms with Crippen LogP contribution in [0.4, 0.5) is 5.69 Å². The number of hydrogen-bond acceptors (Lipinski definition) is 4. The average Bonchev–Trinajstić information content (AvgIpc) is 2.41. The molecule has 116 valence electrons. The zero-order valence-electron chi connectivity index (χ0n) is 11.7. The predicted octanol–water partition coefficient (Wildman–Crippen LogP) is 2.12. The lowest BCUT2D eigenvalue weighted by molar-refractivity contribution is -0.124. The van der Waals surface area contributed by atoms with E-state index in [-0.39, 0.29) is 31.3 Å². The summed E-state index contributed by atoms with van der Waals surface area (Å²) in [5, 5.41) is 12.5. The Bertz CT molecular complexity index is 515. The number of amides is 1. The molecule has 0 saturated carbocycles. The van der Waals surface area contributed by atoms with E-state index in [2.05, 4.69) is 21.2 Å². The van der Waals surface area contributed by atoms with Gasteiger partial charge in [-0.25, -0.2) is 0 Å². The number of carbonyl (C=O) groups is 1. The molecule has 0 aromatic heterocycles. The van der Waals surface area contributed by atoms with Crippen LogP contribution in [-0.2, 0) is 9.53 Å². The van der Waals surface area contributed by atoms with Crippen molar-refractivity contribution in [2.24, 2.45) is 0 Å². The molecule has 5 nitrogen and oxygen atoms in total. The molecule has 0 bridgehead atoms. The Morgan fingerprint density at radius 1 is 1.57 bits per heavy atom. The Morgan fingerprint density at radius 3 is 3.00 bits per heavy atom. The molecule has 1 aliphatic heterocycles. The number of benzene rings is 1. The standard InChI is InChI=1S/C14H18BrClN2O3/c1-9-5-18(6-11(8-19)21-9)7-14(20)17-13-3-2-10(15)4-12(13)16/h2-4,9,11,19H,5-8H2,1H3,(H,17,20). The number of morpholine rings is 1. The third-order valence-electron chi connectivity index (χ3n) is 3.18. The van der Waals surface area contributed by atoms with Crippen molar-refractivity contribution in [1.82, 2.24) is 4.90 Å². The highest BCUT2D eigenvalue weighted by Crippen LogP contribution is 2.25. The van der Waals surface area contributed by atoms with Crippen molar-refractivity contribution in [2.45, 2.75) is 19.1 Å². The van der Waals surface area contributed by atoms with E-state index in [9.17, 15) is 9.90 Å². The maximum absolute atomic E-state index is 12.1. The number of aliphatic hydroxyl groups is 1. The molecule has 2 unspecified atom stereocenters. The third kappa shape index (κ3) is 4.93. The molecular weight excluding hydrogens is 360 g/mol.